The zero-order valence-electron chi connectivity index (χ0n) is 11.2. The fourth-order valence-corrected chi connectivity index (χ4v) is 2.25. The molecule has 0 heterocycles. The lowest BCUT2D eigenvalue weighted by molar-refractivity contribution is 0.485. The molecule has 0 bridgehead atoms. The lowest BCUT2D eigenvalue weighted by Crippen LogP contribution is -1.99. The van der Waals surface area contributed by atoms with Gasteiger partial charge in [-0.05, 0) is 30.7 Å². The van der Waals surface area contributed by atoms with E-state index in [1.807, 2.05) is 6.08 Å². The standard InChI is InChI=1S/C17H26/c1-3-4-5-6-7-9-12-16(2)15-17-13-10-8-11-14-17/h3,8,10-11,13-14,16H,1,4-7,9,12,15H2,2H3/t16-/m1/s1. The maximum Gasteiger partial charge on any atom is -0.0253 e. The van der Waals surface area contributed by atoms with Gasteiger partial charge in [0.1, 0.15) is 0 Å². The van der Waals surface area contributed by atoms with Crippen LogP contribution in [0.25, 0.3) is 0 Å². The smallest absolute Gasteiger partial charge is 0.0253 e. The Labute approximate surface area is 107 Å². The molecule has 17 heavy (non-hydrogen) atoms. The molecule has 0 aromatic heterocycles. The monoisotopic (exact) mass is 230 g/mol. The molecular weight excluding hydrogens is 204 g/mol. The van der Waals surface area contributed by atoms with Crippen LogP contribution in [0.4, 0.5) is 0 Å². The summed E-state index contributed by atoms with van der Waals surface area (Å²) in [6.07, 6.45) is 11.2. The predicted octanol–water partition coefficient (Wildman–Crippen LogP) is 5.39. The average Bonchev–Trinajstić information content (AvgIpc) is 2.35. The van der Waals surface area contributed by atoms with Crippen molar-refractivity contribution in [3.05, 3.63) is 48.6 Å². The highest BCUT2D eigenvalue weighted by Gasteiger charge is 2.02. The summed E-state index contributed by atoms with van der Waals surface area (Å²) in [5.41, 5.74) is 1.48. The maximum atomic E-state index is 3.75. The normalized spacial score (nSPS) is 12.3. The zero-order chi connectivity index (χ0) is 12.3. The summed E-state index contributed by atoms with van der Waals surface area (Å²) in [5.74, 6) is 0.816. The largest absolute Gasteiger partial charge is 0.103 e. The van der Waals surface area contributed by atoms with Gasteiger partial charge >= 0.3 is 0 Å². The van der Waals surface area contributed by atoms with Crippen LogP contribution in [-0.4, -0.2) is 0 Å². The third-order valence-electron chi connectivity index (χ3n) is 3.28. The molecule has 0 aliphatic rings. The summed E-state index contributed by atoms with van der Waals surface area (Å²) < 4.78 is 0. The molecule has 0 saturated carbocycles. The number of benzene rings is 1. The Morgan fingerprint density at radius 3 is 2.47 bits per heavy atom. The van der Waals surface area contributed by atoms with Gasteiger partial charge < -0.3 is 0 Å². The molecule has 1 atom stereocenters. The van der Waals surface area contributed by atoms with E-state index in [4.69, 9.17) is 0 Å². The van der Waals surface area contributed by atoms with Crippen molar-refractivity contribution in [3.63, 3.8) is 0 Å². The molecule has 0 aliphatic carbocycles. The SMILES string of the molecule is C=CCCCCCC[C@@H](C)Cc1ccccc1. The van der Waals surface area contributed by atoms with E-state index in [9.17, 15) is 0 Å². The number of unbranched alkanes of at least 4 members (excludes halogenated alkanes) is 4. The van der Waals surface area contributed by atoms with Crippen LogP contribution in [0.15, 0.2) is 43.0 Å². The minimum absolute atomic E-state index is 0.816. The summed E-state index contributed by atoms with van der Waals surface area (Å²) in [6.45, 7) is 6.13. The van der Waals surface area contributed by atoms with Gasteiger partial charge in [-0.2, -0.15) is 0 Å². The van der Waals surface area contributed by atoms with Crippen LogP contribution in [0.5, 0.6) is 0 Å². The van der Waals surface area contributed by atoms with E-state index in [1.54, 1.807) is 0 Å². The Balaban J connectivity index is 2.05. The molecule has 1 aromatic carbocycles. The van der Waals surface area contributed by atoms with E-state index in [0.717, 1.165) is 5.92 Å². The van der Waals surface area contributed by atoms with Crippen molar-refractivity contribution >= 4 is 0 Å². The Morgan fingerprint density at radius 2 is 1.76 bits per heavy atom. The van der Waals surface area contributed by atoms with Crippen molar-refractivity contribution in [3.8, 4) is 0 Å². The second-order valence-electron chi connectivity index (χ2n) is 5.08. The van der Waals surface area contributed by atoms with E-state index in [0.29, 0.717) is 0 Å². The van der Waals surface area contributed by atoms with Crippen molar-refractivity contribution in [1.82, 2.24) is 0 Å². The summed E-state index contributed by atoms with van der Waals surface area (Å²) in [5, 5.41) is 0. The summed E-state index contributed by atoms with van der Waals surface area (Å²) >= 11 is 0. The Hall–Kier alpha value is -1.04. The first kappa shape index (κ1) is 14.0. The van der Waals surface area contributed by atoms with Gasteiger partial charge in [0.2, 0.25) is 0 Å². The second kappa shape index (κ2) is 9.04. The maximum absolute atomic E-state index is 3.75. The molecule has 1 rings (SSSR count). The Bertz CT molecular complexity index is 286. The highest BCUT2D eigenvalue weighted by atomic mass is 14.1. The van der Waals surface area contributed by atoms with E-state index in [1.165, 1.54) is 50.5 Å². The van der Waals surface area contributed by atoms with Crippen molar-refractivity contribution in [2.45, 2.75) is 51.9 Å². The van der Waals surface area contributed by atoms with Gasteiger partial charge in [-0.3, -0.25) is 0 Å². The van der Waals surface area contributed by atoms with Crippen molar-refractivity contribution in [2.75, 3.05) is 0 Å². The molecule has 0 radical (unpaired) electrons. The van der Waals surface area contributed by atoms with Crippen molar-refractivity contribution < 1.29 is 0 Å². The van der Waals surface area contributed by atoms with Gasteiger partial charge in [0.05, 0.1) is 0 Å². The zero-order valence-corrected chi connectivity index (χ0v) is 11.2. The summed E-state index contributed by atoms with van der Waals surface area (Å²) in [4.78, 5) is 0. The van der Waals surface area contributed by atoms with Crippen LogP contribution in [0.1, 0.15) is 51.0 Å². The van der Waals surface area contributed by atoms with Gasteiger partial charge in [0.15, 0.2) is 0 Å². The van der Waals surface area contributed by atoms with Gasteiger partial charge in [-0.25, -0.2) is 0 Å². The molecule has 1 aromatic rings. The van der Waals surface area contributed by atoms with Gasteiger partial charge in [0, 0.05) is 0 Å². The first-order valence-electron chi connectivity index (χ1n) is 6.97. The second-order valence-corrected chi connectivity index (χ2v) is 5.08. The Kier molecular flexibility index (Phi) is 7.46. The van der Waals surface area contributed by atoms with Gasteiger partial charge in [-0.15, -0.1) is 6.58 Å². The molecule has 0 saturated heterocycles. The quantitative estimate of drug-likeness (QED) is 0.394. The summed E-state index contributed by atoms with van der Waals surface area (Å²) in [6, 6.07) is 10.8. The van der Waals surface area contributed by atoms with E-state index in [2.05, 4.69) is 43.8 Å². The van der Waals surface area contributed by atoms with Crippen LogP contribution < -0.4 is 0 Å². The number of hydrogen-bond donors (Lipinski definition) is 0. The third-order valence-corrected chi connectivity index (χ3v) is 3.28. The lowest BCUT2D eigenvalue weighted by Gasteiger charge is -2.11. The Morgan fingerprint density at radius 1 is 1.06 bits per heavy atom. The van der Waals surface area contributed by atoms with Crippen LogP contribution in [-0.2, 0) is 6.42 Å². The predicted molar refractivity (Wildman–Crippen MR) is 77.2 cm³/mol. The van der Waals surface area contributed by atoms with Gasteiger partial charge in [-0.1, -0.05) is 69.0 Å². The molecule has 0 heteroatoms. The molecule has 0 spiro atoms. The first-order valence-corrected chi connectivity index (χ1v) is 6.97. The van der Waals surface area contributed by atoms with Gasteiger partial charge in [0.25, 0.3) is 0 Å². The lowest BCUT2D eigenvalue weighted by atomic mass is 9.95. The minimum atomic E-state index is 0.816. The molecule has 0 N–H and O–H groups in total. The van der Waals surface area contributed by atoms with Crippen molar-refractivity contribution in [1.29, 1.82) is 0 Å². The highest BCUT2D eigenvalue weighted by molar-refractivity contribution is 5.14. The van der Waals surface area contributed by atoms with E-state index >= 15 is 0 Å². The van der Waals surface area contributed by atoms with Crippen LogP contribution in [0.3, 0.4) is 0 Å². The molecule has 0 unspecified atom stereocenters. The molecule has 0 nitrogen and oxygen atoms in total. The van der Waals surface area contributed by atoms with Crippen LogP contribution >= 0.6 is 0 Å². The molecule has 94 valence electrons. The first-order chi connectivity index (χ1) is 8.33. The summed E-state index contributed by atoms with van der Waals surface area (Å²) in [7, 11) is 0. The average molecular weight is 230 g/mol. The topological polar surface area (TPSA) is 0 Å². The fraction of sp³-hybridized carbons (Fsp3) is 0.529. The highest BCUT2D eigenvalue weighted by Crippen LogP contribution is 2.16. The van der Waals surface area contributed by atoms with Crippen LogP contribution in [0, 0.1) is 5.92 Å². The van der Waals surface area contributed by atoms with Crippen molar-refractivity contribution in [2.24, 2.45) is 5.92 Å². The number of hydrogen-bond acceptors (Lipinski definition) is 0. The third kappa shape index (κ3) is 6.99. The van der Waals surface area contributed by atoms with E-state index < -0.39 is 0 Å². The molecule has 0 fully saturated rings. The minimum Gasteiger partial charge on any atom is -0.103 e. The van der Waals surface area contributed by atoms with E-state index in [-0.39, 0.29) is 0 Å². The fourth-order valence-electron chi connectivity index (χ4n) is 2.25. The number of allylic oxidation sites excluding steroid dienone is 1. The molecule has 0 aliphatic heterocycles. The number of rotatable bonds is 9. The molecular formula is C17H26. The molecule has 0 amide bonds. The van der Waals surface area contributed by atoms with Crippen LogP contribution in [0.2, 0.25) is 0 Å².